The smallest absolute Gasteiger partial charge is 0.355 e. The Morgan fingerprint density at radius 3 is 2.95 bits per heavy atom. The van der Waals surface area contributed by atoms with E-state index in [1.165, 1.54) is 21.5 Å². The third-order valence-electron chi connectivity index (χ3n) is 3.44. The van der Waals surface area contributed by atoms with Gasteiger partial charge in [0.15, 0.2) is 5.82 Å². The van der Waals surface area contributed by atoms with E-state index in [0.717, 1.165) is 5.57 Å². The van der Waals surface area contributed by atoms with Crippen molar-refractivity contribution in [1.82, 2.24) is 25.1 Å². The molecule has 0 spiro atoms. The van der Waals surface area contributed by atoms with Gasteiger partial charge in [-0.05, 0) is 24.6 Å². The van der Waals surface area contributed by atoms with Crippen molar-refractivity contribution in [2.24, 2.45) is 5.73 Å². The predicted octanol–water partition coefficient (Wildman–Crippen LogP) is -0.959. The molecular weight excluding hydrogens is 308 g/mol. The number of aromatic nitrogens is 4. The Bertz CT molecular complexity index is 657. The minimum Gasteiger partial charge on any atom is -0.461 e. The molecule has 0 bridgehead atoms. The zero-order valence-electron chi connectivity index (χ0n) is 12.2. The van der Waals surface area contributed by atoms with Crippen molar-refractivity contribution in [3.8, 4) is 0 Å². The molecule has 0 radical (unpaired) electrons. The lowest BCUT2D eigenvalue weighted by atomic mass is 10.0. The first kappa shape index (κ1) is 15.0. The largest absolute Gasteiger partial charge is 0.461 e. The minimum absolute atomic E-state index is 0.207. The number of carbonyl (C=O) groups is 2. The molecule has 10 heteroatoms. The molecule has 9 nitrogen and oxygen atoms in total. The van der Waals surface area contributed by atoms with E-state index < -0.39 is 12.0 Å². The molecule has 3 rings (SSSR count). The number of amides is 1. The number of nitrogens with zero attached hydrogens (tertiary/aromatic N) is 5. The molecule has 0 aliphatic carbocycles. The Morgan fingerprint density at radius 1 is 1.55 bits per heavy atom. The number of nitrogens with two attached hydrogens (primary N) is 1. The van der Waals surface area contributed by atoms with Crippen LogP contribution < -0.4 is 5.73 Å². The summed E-state index contributed by atoms with van der Waals surface area (Å²) in [6.07, 6.45) is 0. The number of hydrogen-bond acceptors (Lipinski definition) is 8. The first-order valence-electron chi connectivity index (χ1n) is 6.86. The first-order chi connectivity index (χ1) is 10.5. The van der Waals surface area contributed by atoms with Gasteiger partial charge in [-0.25, -0.2) is 4.79 Å². The molecular formula is C12H16N6O3S. The monoisotopic (exact) mass is 324 g/mol. The number of ether oxygens (including phenoxy) is 1. The van der Waals surface area contributed by atoms with Crippen molar-refractivity contribution in [3.63, 3.8) is 0 Å². The van der Waals surface area contributed by atoms with E-state index in [4.69, 9.17) is 10.5 Å². The van der Waals surface area contributed by atoms with Crippen LogP contribution in [0.2, 0.25) is 0 Å². The van der Waals surface area contributed by atoms with E-state index >= 15 is 0 Å². The number of hydrogen-bond donors (Lipinski definition) is 1. The quantitative estimate of drug-likeness (QED) is 0.556. The second kappa shape index (κ2) is 5.69. The summed E-state index contributed by atoms with van der Waals surface area (Å²) in [7, 11) is 0. The molecule has 2 atom stereocenters. The van der Waals surface area contributed by atoms with Gasteiger partial charge in [0.1, 0.15) is 17.1 Å². The summed E-state index contributed by atoms with van der Waals surface area (Å²) in [4.78, 5) is 27.1. The molecule has 22 heavy (non-hydrogen) atoms. The Labute approximate surface area is 130 Å². The fraction of sp³-hybridized carbons (Fsp3) is 0.583. The number of thioether (sulfide) groups is 1. The van der Waals surface area contributed by atoms with E-state index in [1.54, 1.807) is 13.8 Å². The van der Waals surface area contributed by atoms with Crippen molar-refractivity contribution >= 4 is 23.6 Å². The van der Waals surface area contributed by atoms with Gasteiger partial charge in [0, 0.05) is 5.75 Å². The number of rotatable bonds is 4. The number of carbonyl (C=O) groups excluding carboxylic acids is 2. The maximum absolute atomic E-state index is 12.3. The van der Waals surface area contributed by atoms with Crippen LogP contribution in [-0.4, -0.2) is 60.8 Å². The number of tetrazole rings is 1. The summed E-state index contributed by atoms with van der Waals surface area (Å²) in [6.45, 7) is 3.98. The molecule has 0 aromatic carbocycles. The van der Waals surface area contributed by atoms with Crippen LogP contribution in [0.5, 0.6) is 0 Å². The fourth-order valence-corrected chi connectivity index (χ4v) is 3.73. The van der Waals surface area contributed by atoms with Crippen molar-refractivity contribution in [2.75, 3.05) is 12.4 Å². The normalized spacial score (nSPS) is 24.1. The van der Waals surface area contributed by atoms with Crippen LogP contribution in [0.4, 0.5) is 0 Å². The van der Waals surface area contributed by atoms with Crippen molar-refractivity contribution in [1.29, 1.82) is 0 Å². The highest BCUT2D eigenvalue weighted by molar-refractivity contribution is 8.00. The van der Waals surface area contributed by atoms with Crippen LogP contribution in [0.3, 0.4) is 0 Å². The molecule has 2 N–H and O–H groups in total. The maximum Gasteiger partial charge on any atom is 0.355 e. The predicted molar refractivity (Wildman–Crippen MR) is 77.3 cm³/mol. The summed E-state index contributed by atoms with van der Waals surface area (Å²) in [5, 5.41) is 11.6. The van der Waals surface area contributed by atoms with Crippen molar-refractivity contribution < 1.29 is 14.3 Å². The van der Waals surface area contributed by atoms with E-state index in [0.29, 0.717) is 11.6 Å². The molecule has 1 unspecified atom stereocenters. The van der Waals surface area contributed by atoms with E-state index in [9.17, 15) is 9.59 Å². The molecule has 1 saturated heterocycles. The van der Waals surface area contributed by atoms with E-state index in [-0.39, 0.29) is 30.1 Å². The summed E-state index contributed by atoms with van der Waals surface area (Å²) in [5.41, 5.74) is 6.79. The third-order valence-corrected chi connectivity index (χ3v) is 4.80. The molecule has 1 aromatic rings. The van der Waals surface area contributed by atoms with Crippen LogP contribution in [0.25, 0.3) is 0 Å². The van der Waals surface area contributed by atoms with Crippen LogP contribution in [0, 0.1) is 6.92 Å². The number of aryl methyl sites for hydroxylation is 1. The minimum atomic E-state index is -0.567. The Kier molecular flexibility index (Phi) is 3.87. The highest BCUT2D eigenvalue weighted by atomic mass is 32.2. The second-order valence-corrected chi connectivity index (χ2v) is 6.08. The average Bonchev–Trinajstić information content (AvgIpc) is 2.91. The first-order valence-corrected chi connectivity index (χ1v) is 7.91. The lowest BCUT2D eigenvalue weighted by Crippen LogP contribution is -2.68. The van der Waals surface area contributed by atoms with Crippen molar-refractivity contribution in [2.45, 2.75) is 31.8 Å². The Hall–Kier alpha value is -1.94. The van der Waals surface area contributed by atoms with Crippen LogP contribution in [0.1, 0.15) is 12.7 Å². The van der Waals surface area contributed by atoms with Crippen molar-refractivity contribution in [3.05, 3.63) is 17.1 Å². The molecule has 0 saturated carbocycles. The van der Waals surface area contributed by atoms with Crippen LogP contribution in [0.15, 0.2) is 11.3 Å². The zero-order valence-corrected chi connectivity index (χ0v) is 13.0. The summed E-state index contributed by atoms with van der Waals surface area (Å²) < 4.78 is 5.08. The molecule has 1 aromatic heterocycles. The Balaban J connectivity index is 1.94. The zero-order chi connectivity index (χ0) is 15.9. The van der Waals surface area contributed by atoms with Gasteiger partial charge < -0.3 is 10.5 Å². The molecule has 1 amide bonds. The van der Waals surface area contributed by atoms with Gasteiger partial charge in [0.25, 0.3) is 0 Å². The SMILES string of the molecule is CCOC(=O)C1=C(Cn2nnc(C)n2)CS[C@H]2C(N)C(=O)N12. The molecule has 3 heterocycles. The average molecular weight is 324 g/mol. The molecule has 1 fully saturated rings. The highest BCUT2D eigenvalue weighted by Gasteiger charge is 2.52. The highest BCUT2D eigenvalue weighted by Crippen LogP contribution is 2.40. The van der Waals surface area contributed by atoms with Gasteiger partial charge in [0.05, 0.1) is 13.2 Å². The molecule has 2 aliphatic rings. The standard InChI is InChI=1S/C12H16N6O3S/c1-3-21-12(20)9-7(4-17-15-6(2)14-16-17)5-22-11-8(13)10(19)18(9)11/h8,11H,3-5,13H2,1-2H3/t8?,11-/m0/s1. The molecule has 2 aliphatic heterocycles. The maximum atomic E-state index is 12.3. The lowest BCUT2D eigenvalue weighted by molar-refractivity contribution is -0.150. The van der Waals surface area contributed by atoms with Gasteiger partial charge in [-0.3, -0.25) is 9.69 Å². The van der Waals surface area contributed by atoms with Gasteiger partial charge >= 0.3 is 5.97 Å². The third kappa shape index (κ3) is 2.37. The van der Waals surface area contributed by atoms with Gasteiger partial charge in [-0.2, -0.15) is 4.80 Å². The van der Waals surface area contributed by atoms with Gasteiger partial charge in [-0.1, -0.05) is 0 Å². The van der Waals surface area contributed by atoms with Gasteiger partial charge in [0.2, 0.25) is 5.91 Å². The topological polar surface area (TPSA) is 116 Å². The summed E-state index contributed by atoms with van der Waals surface area (Å²) >= 11 is 1.52. The lowest BCUT2D eigenvalue weighted by Gasteiger charge is -2.48. The molecule has 118 valence electrons. The summed E-state index contributed by atoms with van der Waals surface area (Å²) in [5.74, 6) is 0.332. The second-order valence-electron chi connectivity index (χ2n) is 4.98. The number of β-lactam (4-membered cyclic amide) rings is 1. The number of esters is 1. The fourth-order valence-electron chi connectivity index (χ4n) is 2.45. The van der Waals surface area contributed by atoms with Gasteiger partial charge in [-0.15, -0.1) is 22.0 Å². The number of fused-ring (bicyclic) bond motifs is 1. The van der Waals surface area contributed by atoms with E-state index in [2.05, 4.69) is 15.4 Å². The summed E-state index contributed by atoms with van der Waals surface area (Å²) in [6, 6.07) is -0.567. The van der Waals surface area contributed by atoms with Crippen LogP contribution >= 0.6 is 11.8 Å². The Morgan fingerprint density at radius 2 is 2.32 bits per heavy atom. The van der Waals surface area contributed by atoms with Crippen LogP contribution in [-0.2, 0) is 20.9 Å². The van der Waals surface area contributed by atoms with E-state index in [1.807, 2.05) is 0 Å².